The van der Waals surface area contributed by atoms with Gasteiger partial charge in [0.05, 0.1) is 32.0 Å². The minimum atomic E-state index is -1.80. The van der Waals surface area contributed by atoms with E-state index in [2.05, 4.69) is 129 Å². The number of hydrogen-bond acceptors (Lipinski definition) is 13. The Hall–Kier alpha value is -3.61. The molecule has 14 heteroatoms. The molecule has 0 radical (unpaired) electrons. The number of hydrogen-bond donors (Lipinski definition) is 9. The SMILES string of the molecule is CC/C=C\C/C=C\C/C=C\C/C=C\C/C=C\C/C=C\C/C=C\C/C=C\CCCCC(=O)NC(COC1OC(CO)C(OC2OC(CO)C(O)C(O)C2O)C(O)C1O)C(O)/C=C/CC/C=C/CCCCCCCCCCCCCCCCCCC. The predicted molar refractivity (Wildman–Crippen MR) is 341 cm³/mol. The van der Waals surface area contributed by atoms with Crippen molar-refractivity contribution >= 4 is 5.91 Å². The number of aliphatic hydroxyl groups excluding tert-OH is 8. The normalized spacial score (nSPS) is 24.5. The molecule has 14 nitrogen and oxygen atoms in total. The number of carbonyl (C=O) groups excluding carboxylic acids is 1. The van der Waals surface area contributed by atoms with Crippen LogP contribution in [-0.4, -0.2) is 140 Å². The van der Waals surface area contributed by atoms with E-state index in [0.29, 0.717) is 12.8 Å². The summed E-state index contributed by atoms with van der Waals surface area (Å²) >= 11 is 0. The molecule has 2 aliphatic rings. The average Bonchev–Trinajstić information content (AvgIpc) is 3.62. The van der Waals surface area contributed by atoms with E-state index >= 15 is 0 Å². The number of nitrogens with one attached hydrogen (secondary N) is 1. The van der Waals surface area contributed by atoms with E-state index in [1.165, 1.54) is 109 Å². The summed E-state index contributed by atoms with van der Waals surface area (Å²) in [7, 11) is 0. The Labute approximate surface area is 508 Å². The third-order valence-electron chi connectivity index (χ3n) is 15.1. The second-order valence-electron chi connectivity index (χ2n) is 22.5. The maximum atomic E-state index is 13.3. The fraction of sp³-hybridized carbons (Fsp3) is 0.700. The van der Waals surface area contributed by atoms with Gasteiger partial charge >= 0.3 is 0 Å². The molecule has 2 rings (SSSR count). The molecule has 480 valence electrons. The van der Waals surface area contributed by atoms with Crippen molar-refractivity contribution in [2.24, 2.45) is 0 Å². The molecule has 2 saturated heterocycles. The number of allylic oxidation sites excluding steroid dienone is 19. The number of carbonyl (C=O) groups is 1. The molecule has 0 aliphatic carbocycles. The third kappa shape index (κ3) is 37.8. The van der Waals surface area contributed by atoms with Crippen molar-refractivity contribution in [1.82, 2.24) is 5.32 Å². The first-order chi connectivity index (χ1) is 41.1. The number of ether oxygens (including phenoxy) is 4. The fourth-order valence-electron chi connectivity index (χ4n) is 9.91. The van der Waals surface area contributed by atoms with E-state index in [9.17, 15) is 45.6 Å². The van der Waals surface area contributed by atoms with Crippen LogP contribution in [0.3, 0.4) is 0 Å². The zero-order valence-corrected chi connectivity index (χ0v) is 51.8. The van der Waals surface area contributed by atoms with Crippen LogP contribution >= 0.6 is 0 Å². The Morgan fingerprint density at radius 2 is 0.833 bits per heavy atom. The molecule has 12 unspecified atom stereocenters. The lowest BCUT2D eigenvalue weighted by Crippen LogP contribution is -2.65. The van der Waals surface area contributed by atoms with Crippen LogP contribution in [0, 0.1) is 0 Å². The van der Waals surface area contributed by atoms with Crippen molar-refractivity contribution in [3.8, 4) is 0 Å². The highest BCUT2D eigenvalue weighted by Crippen LogP contribution is 2.30. The van der Waals surface area contributed by atoms with Gasteiger partial charge in [0.25, 0.3) is 0 Å². The molecule has 2 fully saturated rings. The van der Waals surface area contributed by atoms with Gasteiger partial charge in [0.2, 0.25) is 5.91 Å². The topological polar surface area (TPSA) is 228 Å². The lowest BCUT2D eigenvalue weighted by Gasteiger charge is -2.46. The van der Waals surface area contributed by atoms with Crippen LogP contribution in [0.2, 0.25) is 0 Å². The van der Waals surface area contributed by atoms with Gasteiger partial charge in [-0.15, -0.1) is 0 Å². The number of aliphatic hydroxyl groups is 8. The van der Waals surface area contributed by atoms with Crippen LogP contribution in [0.25, 0.3) is 0 Å². The average molecular weight is 1180 g/mol. The molecule has 0 aromatic carbocycles. The first kappa shape index (κ1) is 76.5. The highest BCUT2D eigenvalue weighted by molar-refractivity contribution is 5.76. The molecule has 0 saturated carbocycles. The van der Waals surface area contributed by atoms with E-state index in [0.717, 1.165) is 77.0 Å². The summed E-state index contributed by atoms with van der Waals surface area (Å²) in [5.41, 5.74) is 0. The summed E-state index contributed by atoms with van der Waals surface area (Å²) in [6, 6.07) is -0.966. The summed E-state index contributed by atoms with van der Waals surface area (Å²) in [4.78, 5) is 13.3. The van der Waals surface area contributed by atoms with Crippen LogP contribution in [0.1, 0.15) is 219 Å². The number of rotatable bonds is 51. The monoisotopic (exact) mass is 1180 g/mol. The molecule has 12 atom stereocenters. The Bertz CT molecular complexity index is 1870. The summed E-state index contributed by atoms with van der Waals surface area (Å²) in [6.45, 7) is 2.64. The molecule has 2 aliphatic heterocycles. The smallest absolute Gasteiger partial charge is 0.220 e. The minimum Gasteiger partial charge on any atom is -0.394 e. The van der Waals surface area contributed by atoms with Crippen molar-refractivity contribution in [3.05, 3.63) is 122 Å². The van der Waals surface area contributed by atoms with Gasteiger partial charge in [0, 0.05) is 6.42 Å². The second kappa shape index (κ2) is 53.6. The Morgan fingerprint density at radius 1 is 0.440 bits per heavy atom. The van der Waals surface area contributed by atoms with Crippen molar-refractivity contribution in [3.63, 3.8) is 0 Å². The highest BCUT2D eigenvalue weighted by Gasteiger charge is 2.51. The van der Waals surface area contributed by atoms with Crippen LogP contribution < -0.4 is 5.32 Å². The highest BCUT2D eigenvalue weighted by atomic mass is 16.7. The van der Waals surface area contributed by atoms with Crippen LogP contribution in [0.4, 0.5) is 0 Å². The molecular weight excluding hydrogens is 1060 g/mol. The summed E-state index contributed by atoms with van der Waals surface area (Å²) in [6.07, 6.45) is 61.0. The fourth-order valence-corrected chi connectivity index (χ4v) is 9.91. The van der Waals surface area contributed by atoms with Crippen molar-refractivity contribution in [2.75, 3.05) is 19.8 Å². The largest absolute Gasteiger partial charge is 0.394 e. The Balaban J connectivity index is 1.78. The molecule has 84 heavy (non-hydrogen) atoms. The van der Waals surface area contributed by atoms with Crippen LogP contribution in [0.15, 0.2) is 122 Å². The van der Waals surface area contributed by atoms with Crippen molar-refractivity contribution in [2.45, 2.75) is 293 Å². The molecule has 0 spiro atoms. The van der Waals surface area contributed by atoms with E-state index in [1.54, 1.807) is 6.08 Å². The van der Waals surface area contributed by atoms with Gasteiger partial charge in [-0.2, -0.15) is 0 Å². The van der Waals surface area contributed by atoms with Crippen molar-refractivity contribution < 1.29 is 64.6 Å². The van der Waals surface area contributed by atoms with E-state index in [1.807, 2.05) is 6.08 Å². The van der Waals surface area contributed by atoms with Gasteiger partial charge < -0.3 is 65.1 Å². The standard InChI is InChI=1S/C70H117NO13/c1-3-5-7-9-11-13-15-17-19-21-23-25-27-28-29-30-32-34-36-38-40-42-44-46-48-50-52-54-62(75)71-58(57-81-69-67(80)65(78)68(61(56-73)83-69)84-70-66(79)64(77)63(76)60(55-72)82-70)59(74)53-51-49-47-45-43-41-39-37-35-33-31-26-24-22-20-18-16-14-12-10-8-6-4-2/h5,7,11,13,17,19,23,25,28-29,32,34,38,40,43-46,51,53,58-61,63-70,72-74,76-80H,3-4,6,8-10,12,14-16,18,20-22,24,26-27,30-31,33,35-37,39,41-42,47-50,52,54-57H2,1-2H3,(H,71,75)/b7-5-,13-11-,19-17-,25-23-,29-28-,34-32-,40-38-,45-43+,46-44-,53-51+. The zero-order valence-electron chi connectivity index (χ0n) is 51.8. The lowest BCUT2D eigenvalue weighted by molar-refractivity contribution is -0.359. The lowest BCUT2D eigenvalue weighted by atomic mass is 9.97. The van der Waals surface area contributed by atoms with Gasteiger partial charge in [-0.1, -0.05) is 238 Å². The van der Waals surface area contributed by atoms with Crippen LogP contribution in [-0.2, 0) is 23.7 Å². The number of unbranched alkanes of at least 4 members (excludes halogenated alkanes) is 20. The van der Waals surface area contributed by atoms with Crippen LogP contribution in [0.5, 0.6) is 0 Å². The van der Waals surface area contributed by atoms with Gasteiger partial charge in [0.15, 0.2) is 12.6 Å². The van der Waals surface area contributed by atoms with Gasteiger partial charge in [-0.25, -0.2) is 0 Å². The molecule has 0 aromatic rings. The molecule has 0 bridgehead atoms. The predicted octanol–water partition coefficient (Wildman–Crippen LogP) is 12.6. The number of amides is 1. The summed E-state index contributed by atoms with van der Waals surface area (Å²) in [5.74, 6) is -0.295. The van der Waals surface area contributed by atoms with Crippen molar-refractivity contribution in [1.29, 1.82) is 0 Å². The Kier molecular flexibility index (Phi) is 48.8. The first-order valence-electron chi connectivity index (χ1n) is 32.8. The third-order valence-corrected chi connectivity index (χ3v) is 15.1. The van der Waals surface area contributed by atoms with Gasteiger partial charge in [-0.05, 0) is 96.3 Å². The maximum absolute atomic E-state index is 13.3. The van der Waals surface area contributed by atoms with Gasteiger partial charge in [0.1, 0.15) is 48.8 Å². The second-order valence-corrected chi connectivity index (χ2v) is 22.5. The maximum Gasteiger partial charge on any atom is 0.220 e. The van der Waals surface area contributed by atoms with E-state index in [4.69, 9.17) is 18.9 Å². The van der Waals surface area contributed by atoms with E-state index in [-0.39, 0.29) is 18.9 Å². The van der Waals surface area contributed by atoms with E-state index < -0.39 is 86.8 Å². The first-order valence-corrected chi connectivity index (χ1v) is 32.8. The quantitative estimate of drug-likeness (QED) is 0.0204. The molecular formula is C70H117NO13. The molecule has 1 amide bonds. The van der Waals surface area contributed by atoms with Gasteiger partial charge in [-0.3, -0.25) is 4.79 Å². The zero-order chi connectivity index (χ0) is 60.9. The minimum absolute atomic E-state index is 0.210. The summed E-state index contributed by atoms with van der Waals surface area (Å²) < 4.78 is 22.8. The molecule has 9 N–H and O–H groups in total. The summed E-state index contributed by atoms with van der Waals surface area (Å²) in [5, 5.41) is 87.2. The molecule has 0 aromatic heterocycles. The molecule has 2 heterocycles. The Morgan fingerprint density at radius 3 is 1.31 bits per heavy atom.